The Kier molecular flexibility index (Phi) is 2.67. The summed E-state index contributed by atoms with van der Waals surface area (Å²) in [6, 6.07) is 7.59. The van der Waals surface area contributed by atoms with E-state index in [0.717, 1.165) is 17.4 Å². The van der Waals surface area contributed by atoms with E-state index in [-0.39, 0.29) is 0 Å². The van der Waals surface area contributed by atoms with Crippen LogP contribution in [0.5, 0.6) is 0 Å². The van der Waals surface area contributed by atoms with E-state index in [1.807, 2.05) is 24.3 Å². The van der Waals surface area contributed by atoms with E-state index in [4.69, 9.17) is 10.6 Å². The van der Waals surface area contributed by atoms with Crippen LogP contribution in [0.1, 0.15) is 5.56 Å². The third kappa shape index (κ3) is 1.98. The Bertz CT molecular complexity index is 197. The largest absolute Gasteiger partial charge is 0.399 e. The molecule has 0 saturated carbocycles. The molecule has 0 heterocycles. The summed E-state index contributed by atoms with van der Waals surface area (Å²) in [5.41, 5.74) is 7.40. The lowest BCUT2D eigenvalue weighted by Crippen LogP contribution is -1.84. The summed E-state index contributed by atoms with van der Waals surface area (Å²) < 4.78 is 0. The van der Waals surface area contributed by atoms with Crippen molar-refractivity contribution in [3.8, 4) is 0 Å². The van der Waals surface area contributed by atoms with Crippen LogP contribution in [0.3, 0.4) is 0 Å². The number of nitrogens with two attached hydrogens (primary N) is 1. The zero-order valence-corrected chi connectivity index (χ0v) is 6.77. The first-order valence-corrected chi connectivity index (χ1v) is 4.46. The normalized spacial score (nSPS) is 10.9. The Labute approximate surface area is 61.9 Å². The molecule has 2 nitrogen and oxygen atoms in total. The topological polar surface area (TPSA) is 46.2 Å². The lowest BCUT2D eigenvalue weighted by atomic mass is 10.2. The van der Waals surface area contributed by atoms with Gasteiger partial charge in [-0.3, -0.25) is 4.89 Å². The molecule has 0 spiro atoms. The summed E-state index contributed by atoms with van der Waals surface area (Å²) in [4.78, 5) is 8.64. The monoisotopic (exact) mass is 156 g/mol. The van der Waals surface area contributed by atoms with Gasteiger partial charge in [-0.15, -0.1) is 0 Å². The van der Waals surface area contributed by atoms with E-state index >= 15 is 0 Å². The minimum Gasteiger partial charge on any atom is -0.399 e. The van der Waals surface area contributed by atoms with E-state index < -0.39 is 8.81 Å². The van der Waals surface area contributed by atoms with Gasteiger partial charge in [-0.1, -0.05) is 12.1 Å². The van der Waals surface area contributed by atoms with Crippen LogP contribution in [-0.2, 0) is 6.16 Å². The Morgan fingerprint density at radius 1 is 1.30 bits per heavy atom. The van der Waals surface area contributed by atoms with E-state index in [1.54, 1.807) is 0 Å². The molecule has 0 aliphatic rings. The number of anilines is 1. The van der Waals surface area contributed by atoms with Crippen molar-refractivity contribution in [1.82, 2.24) is 0 Å². The maximum atomic E-state index is 8.64. The lowest BCUT2D eigenvalue weighted by molar-refractivity contribution is 0.644. The van der Waals surface area contributed by atoms with Crippen molar-refractivity contribution >= 4 is 14.5 Å². The Morgan fingerprint density at radius 2 is 1.90 bits per heavy atom. The fourth-order valence-corrected chi connectivity index (χ4v) is 1.24. The molecule has 1 rings (SSSR count). The summed E-state index contributed by atoms with van der Waals surface area (Å²) in [6.07, 6.45) is 0.792. The molecule has 54 valence electrons. The highest BCUT2D eigenvalue weighted by Gasteiger charge is 1.93. The van der Waals surface area contributed by atoms with Crippen LogP contribution in [0.25, 0.3) is 0 Å². The molecule has 10 heavy (non-hydrogen) atoms. The number of rotatable bonds is 2. The van der Waals surface area contributed by atoms with Gasteiger partial charge >= 0.3 is 0 Å². The van der Waals surface area contributed by atoms with E-state index in [1.165, 1.54) is 0 Å². The van der Waals surface area contributed by atoms with Gasteiger partial charge in [0.2, 0.25) is 0 Å². The van der Waals surface area contributed by atoms with Crippen LogP contribution in [-0.4, -0.2) is 4.89 Å². The second-order valence-electron chi connectivity index (χ2n) is 2.13. The standard InChI is InChI=1S/C7H10NOP/c8-7-3-1-6(2-4-7)5-10-9/h1-4,9-10H,5,8H2/p+1. The third-order valence-corrected chi connectivity index (χ3v) is 1.96. The minimum atomic E-state index is -0.423. The van der Waals surface area contributed by atoms with Crippen molar-refractivity contribution in [3.63, 3.8) is 0 Å². The van der Waals surface area contributed by atoms with E-state index in [9.17, 15) is 0 Å². The van der Waals surface area contributed by atoms with Gasteiger partial charge in [-0.05, 0) is 17.7 Å². The molecule has 0 aliphatic carbocycles. The predicted octanol–water partition coefficient (Wildman–Crippen LogP) is 1.09. The fraction of sp³-hybridized carbons (Fsp3) is 0.143. The number of nitrogen functional groups attached to an aromatic ring is 1. The van der Waals surface area contributed by atoms with Crippen molar-refractivity contribution in [3.05, 3.63) is 29.8 Å². The van der Waals surface area contributed by atoms with Gasteiger partial charge < -0.3 is 5.73 Å². The van der Waals surface area contributed by atoms with Gasteiger partial charge in [0.25, 0.3) is 0 Å². The van der Waals surface area contributed by atoms with Crippen LogP contribution in [0, 0.1) is 0 Å². The summed E-state index contributed by atoms with van der Waals surface area (Å²) in [7, 11) is -0.423. The highest BCUT2D eigenvalue weighted by molar-refractivity contribution is 7.30. The molecule has 0 aromatic heterocycles. The first kappa shape index (κ1) is 7.52. The van der Waals surface area contributed by atoms with Gasteiger partial charge in [0.1, 0.15) is 15.0 Å². The van der Waals surface area contributed by atoms with Crippen molar-refractivity contribution in [2.24, 2.45) is 0 Å². The molecule has 0 radical (unpaired) electrons. The molecule has 3 N–H and O–H groups in total. The second kappa shape index (κ2) is 3.55. The molecule has 1 aromatic rings. The molecule has 1 aromatic carbocycles. The molecular formula is C7H11NOP+. The summed E-state index contributed by atoms with van der Waals surface area (Å²) in [5, 5.41) is 0. The Balaban J connectivity index is 2.69. The van der Waals surface area contributed by atoms with Crippen LogP contribution in [0.4, 0.5) is 5.69 Å². The van der Waals surface area contributed by atoms with Crippen molar-refractivity contribution in [2.45, 2.75) is 6.16 Å². The van der Waals surface area contributed by atoms with Crippen LogP contribution >= 0.6 is 8.81 Å². The molecule has 0 fully saturated rings. The number of hydrogen-bond donors (Lipinski definition) is 2. The maximum absolute atomic E-state index is 8.64. The molecule has 1 unspecified atom stereocenters. The van der Waals surface area contributed by atoms with Gasteiger partial charge in [0.15, 0.2) is 0 Å². The summed E-state index contributed by atoms with van der Waals surface area (Å²) in [5.74, 6) is 0. The summed E-state index contributed by atoms with van der Waals surface area (Å²) in [6.45, 7) is 0. The molecule has 0 aliphatic heterocycles. The first-order chi connectivity index (χ1) is 4.83. The van der Waals surface area contributed by atoms with Crippen molar-refractivity contribution in [2.75, 3.05) is 5.73 Å². The Hall–Kier alpha value is -0.590. The van der Waals surface area contributed by atoms with Gasteiger partial charge in [-0.25, -0.2) is 0 Å². The van der Waals surface area contributed by atoms with E-state index in [2.05, 4.69) is 0 Å². The third-order valence-electron chi connectivity index (χ3n) is 1.31. The van der Waals surface area contributed by atoms with Crippen molar-refractivity contribution in [1.29, 1.82) is 0 Å². The molecule has 0 bridgehead atoms. The lowest BCUT2D eigenvalue weighted by Gasteiger charge is -1.93. The SMILES string of the molecule is Nc1ccc(C[PH2+]O)cc1. The van der Waals surface area contributed by atoms with Crippen LogP contribution in [0.2, 0.25) is 0 Å². The minimum absolute atomic E-state index is 0.423. The average Bonchev–Trinajstić information content (AvgIpc) is 1.95. The van der Waals surface area contributed by atoms with Gasteiger partial charge in [-0.2, -0.15) is 0 Å². The second-order valence-corrected chi connectivity index (χ2v) is 2.90. The first-order valence-electron chi connectivity index (χ1n) is 3.13. The molecular weight excluding hydrogens is 145 g/mol. The maximum Gasteiger partial charge on any atom is 0.121 e. The molecule has 0 amide bonds. The number of hydrogen-bond acceptors (Lipinski definition) is 2. The highest BCUT2D eigenvalue weighted by Crippen LogP contribution is 2.14. The zero-order chi connectivity index (χ0) is 7.40. The van der Waals surface area contributed by atoms with Gasteiger partial charge in [0, 0.05) is 5.69 Å². The van der Waals surface area contributed by atoms with E-state index in [0.29, 0.717) is 0 Å². The number of benzene rings is 1. The van der Waals surface area contributed by atoms with Gasteiger partial charge in [0.05, 0.1) is 0 Å². The predicted molar refractivity (Wildman–Crippen MR) is 46.5 cm³/mol. The average molecular weight is 156 g/mol. The molecule has 0 saturated heterocycles. The fourth-order valence-electron chi connectivity index (χ4n) is 0.759. The zero-order valence-electron chi connectivity index (χ0n) is 5.62. The van der Waals surface area contributed by atoms with Crippen LogP contribution in [0.15, 0.2) is 24.3 Å². The Morgan fingerprint density at radius 3 is 2.40 bits per heavy atom. The highest BCUT2D eigenvalue weighted by atomic mass is 31.1. The summed E-state index contributed by atoms with van der Waals surface area (Å²) >= 11 is 0. The van der Waals surface area contributed by atoms with Crippen molar-refractivity contribution < 1.29 is 4.89 Å². The molecule has 3 heteroatoms. The van der Waals surface area contributed by atoms with Crippen LogP contribution < -0.4 is 5.73 Å². The molecule has 1 atom stereocenters. The quantitative estimate of drug-likeness (QED) is 0.497. The smallest absolute Gasteiger partial charge is 0.121 e.